The number of benzene rings is 1. The average Bonchev–Trinajstić information content (AvgIpc) is 2.56. The van der Waals surface area contributed by atoms with Gasteiger partial charge in [-0.3, -0.25) is 9.69 Å². The third kappa shape index (κ3) is 3.08. The van der Waals surface area contributed by atoms with Crippen LogP contribution in [-0.2, 0) is 4.79 Å². The summed E-state index contributed by atoms with van der Waals surface area (Å²) in [6, 6.07) is 1.99. The predicted octanol–water partition coefficient (Wildman–Crippen LogP) is 4.33. The molecule has 1 aromatic heterocycles. The van der Waals surface area contributed by atoms with Gasteiger partial charge in [0.15, 0.2) is 18.2 Å². The molecule has 0 atom stereocenters. The summed E-state index contributed by atoms with van der Waals surface area (Å²) in [5.74, 6) is 1.66. The molecule has 25 heavy (non-hydrogen) atoms. The van der Waals surface area contributed by atoms with E-state index in [1.54, 1.807) is 20.4 Å². The molecule has 0 fully saturated rings. The van der Waals surface area contributed by atoms with Crippen molar-refractivity contribution in [3.05, 3.63) is 32.3 Å². The number of halogens is 2. The number of nitrogens with one attached hydrogen (secondary N) is 1. The largest absolute Gasteiger partial charge is 0.495 e. The maximum Gasteiger partial charge on any atom is 0.265 e. The normalized spacial score (nSPS) is 13.4. The molecule has 8 heteroatoms. The molecule has 0 spiro atoms. The molecule has 132 valence electrons. The maximum absolute atomic E-state index is 11.8. The van der Waals surface area contributed by atoms with Crippen molar-refractivity contribution in [2.24, 2.45) is 0 Å². The summed E-state index contributed by atoms with van der Waals surface area (Å²) in [5, 5.41) is 3.42. The third-order valence-electron chi connectivity index (χ3n) is 4.13. The highest BCUT2D eigenvalue weighted by molar-refractivity contribution is 9.11. The molecule has 0 saturated carbocycles. The first-order chi connectivity index (χ1) is 11.8. The van der Waals surface area contributed by atoms with Crippen LogP contribution < -0.4 is 19.7 Å². The number of carbonyl (C=O) groups is 1. The van der Waals surface area contributed by atoms with E-state index in [4.69, 9.17) is 9.47 Å². The molecule has 3 rings (SSSR count). The summed E-state index contributed by atoms with van der Waals surface area (Å²) in [6.45, 7) is 3.98. The highest BCUT2D eigenvalue weighted by Gasteiger charge is 2.28. The standard InChI is InChI=1S/C17H17Br2N3O3/c1-8-5-10(18)15(24-4)9(2)13(8)21-14-11(19)6-20-17-16(14)25-7-12(23)22(17)3/h5-6H,7H2,1-4H3,(H,20,21). The van der Waals surface area contributed by atoms with Crippen LogP contribution in [0.3, 0.4) is 0 Å². The quantitative estimate of drug-likeness (QED) is 0.723. The summed E-state index contributed by atoms with van der Waals surface area (Å²) in [7, 11) is 3.33. The Labute approximate surface area is 162 Å². The Morgan fingerprint density at radius 3 is 2.68 bits per heavy atom. The maximum atomic E-state index is 11.8. The monoisotopic (exact) mass is 469 g/mol. The van der Waals surface area contributed by atoms with Gasteiger partial charge in [-0.15, -0.1) is 0 Å². The number of carbonyl (C=O) groups excluding carboxylic acids is 1. The molecule has 0 saturated heterocycles. The van der Waals surface area contributed by atoms with Crippen molar-refractivity contribution in [1.82, 2.24) is 4.98 Å². The molecule has 1 amide bonds. The number of hydrogen-bond donors (Lipinski definition) is 1. The number of pyridine rings is 1. The lowest BCUT2D eigenvalue weighted by Gasteiger charge is -2.27. The van der Waals surface area contributed by atoms with Crippen molar-refractivity contribution in [2.45, 2.75) is 13.8 Å². The number of aromatic nitrogens is 1. The lowest BCUT2D eigenvalue weighted by atomic mass is 10.1. The number of anilines is 3. The summed E-state index contributed by atoms with van der Waals surface area (Å²) in [6.07, 6.45) is 1.65. The first kappa shape index (κ1) is 18.0. The van der Waals surface area contributed by atoms with E-state index >= 15 is 0 Å². The predicted molar refractivity (Wildman–Crippen MR) is 104 cm³/mol. The minimum atomic E-state index is -0.133. The van der Waals surface area contributed by atoms with Crippen LogP contribution in [0.2, 0.25) is 0 Å². The van der Waals surface area contributed by atoms with Crippen molar-refractivity contribution in [3.63, 3.8) is 0 Å². The second kappa shape index (κ2) is 6.84. The van der Waals surface area contributed by atoms with E-state index in [-0.39, 0.29) is 12.5 Å². The fourth-order valence-corrected chi connectivity index (χ4v) is 3.97. The van der Waals surface area contributed by atoms with Gasteiger partial charge in [-0.05, 0) is 57.3 Å². The van der Waals surface area contributed by atoms with Gasteiger partial charge in [-0.25, -0.2) is 4.98 Å². The van der Waals surface area contributed by atoms with Crippen LogP contribution in [0.25, 0.3) is 0 Å². The van der Waals surface area contributed by atoms with E-state index < -0.39 is 0 Å². The molecule has 2 heterocycles. The van der Waals surface area contributed by atoms with Gasteiger partial charge in [0.25, 0.3) is 5.91 Å². The molecule has 1 N–H and O–H groups in total. The summed E-state index contributed by atoms with van der Waals surface area (Å²) >= 11 is 7.04. The van der Waals surface area contributed by atoms with Crippen LogP contribution in [0, 0.1) is 13.8 Å². The highest BCUT2D eigenvalue weighted by atomic mass is 79.9. The molecule has 2 aromatic rings. The third-order valence-corrected chi connectivity index (χ3v) is 5.32. The SMILES string of the molecule is COc1c(Br)cc(C)c(Nc2c(Br)cnc3c2OCC(=O)N3C)c1C. The number of methoxy groups -OCH3 is 1. The highest BCUT2D eigenvalue weighted by Crippen LogP contribution is 2.45. The fraction of sp³-hybridized carbons (Fsp3) is 0.294. The lowest BCUT2D eigenvalue weighted by molar-refractivity contribution is -0.121. The molecule has 0 radical (unpaired) electrons. The van der Waals surface area contributed by atoms with Gasteiger partial charge in [-0.1, -0.05) is 0 Å². The van der Waals surface area contributed by atoms with Crippen molar-refractivity contribution >= 4 is 55.0 Å². The minimum Gasteiger partial charge on any atom is -0.495 e. The van der Waals surface area contributed by atoms with Gasteiger partial charge < -0.3 is 14.8 Å². The summed E-state index contributed by atoms with van der Waals surface area (Å²) in [4.78, 5) is 17.7. The van der Waals surface area contributed by atoms with Crippen LogP contribution in [0.5, 0.6) is 11.5 Å². The molecule has 1 aromatic carbocycles. The number of amides is 1. The van der Waals surface area contributed by atoms with Crippen LogP contribution in [0.1, 0.15) is 11.1 Å². The molecule has 1 aliphatic rings. The zero-order chi connectivity index (χ0) is 18.3. The minimum absolute atomic E-state index is 0.0159. The molecule has 0 aliphatic carbocycles. The Morgan fingerprint density at radius 2 is 2.00 bits per heavy atom. The summed E-state index contributed by atoms with van der Waals surface area (Å²) in [5.41, 5.74) is 3.65. The van der Waals surface area contributed by atoms with Crippen LogP contribution in [0.15, 0.2) is 21.2 Å². The van der Waals surface area contributed by atoms with Gasteiger partial charge in [-0.2, -0.15) is 0 Å². The molecule has 0 bridgehead atoms. The van der Waals surface area contributed by atoms with Crippen LogP contribution in [0.4, 0.5) is 17.2 Å². The lowest BCUT2D eigenvalue weighted by Crippen LogP contribution is -2.36. The van der Waals surface area contributed by atoms with Crippen molar-refractivity contribution in [1.29, 1.82) is 0 Å². The summed E-state index contributed by atoms with van der Waals surface area (Å²) < 4.78 is 12.8. The van der Waals surface area contributed by atoms with Gasteiger partial charge in [0, 0.05) is 24.5 Å². The number of nitrogens with zero attached hydrogens (tertiary/aromatic N) is 2. The smallest absolute Gasteiger partial charge is 0.265 e. The van der Waals surface area contributed by atoms with E-state index in [1.807, 2.05) is 19.9 Å². The average molecular weight is 471 g/mol. The first-order valence-corrected chi connectivity index (χ1v) is 9.12. The molecule has 6 nitrogen and oxygen atoms in total. The molecule has 0 unspecified atom stereocenters. The molecular weight excluding hydrogens is 454 g/mol. The van der Waals surface area contributed by atoms with E-state index in [2.05, 4.69) is 42.2 Å². The number of aryl methyl sites for hydroxylation is 1. The van der Waals surface area contributed by atoms with Crippen molar-refractivity contribution in [2.75, 3.05) is 31.0 Å². The van der Waals surface area contributed by atoms with Crippen LogP contribution >= 0.6 is 31.9 Å². The first-order valence-electron chi connectivity index (χ1n) is 7.53. The second-order valence-electron chi connectivity index (χ2n) is 5.71. The van der Waals surface area contributed by atoms with Gasteiger partial charge >= 0.3 is 0 Å². The number of fused-ring (bicyclic) bond motifs is 1. The number of rotatable bonds is 3. The van der Waals surface area contributed by atoms with Gasteiger partial charge in [0.05, 0.1) is 16.1 Å². The van der Waals surface area contributed by atoms with Crippen molar-refractivity contribution < 1.29 is 14.3 Å². The molecule has 1 aliphatic heterocycles. The van der Waals surface area contributed by atoms with E-state index in [1.165, 1.54) is 4.90 Å². The van der Waals surface area contributed by atoms with E-state index in [0.717, 1.165) is 37.2 Å². The van der Waals surface area contributed by atoms with Crippen LogP contribution in [-0.4, -0.2) is 31.7 Å². The topological polar surface area (TPSA) is 63.7 Å². The Kier molecular flexibility index (Phi) is 4.92. The number of ether oxygens (including phenoxy) is 2. The Hall–Kier alpha value is -1.80. The number of hydrogen-bond acceptors (Lipinski definition) is 5. The zero-order valence-corrected chi connectivity index (χ0v) is 17.4. The Morgan fingerprint density at radius 1 is 1.28 bits per heavy atom. The van der Waals surface area contributed by atoms with E-state index in [9.17, 15) is 4.79 Å². The molecular formula is C17H17Br2N3O3. The number of likely N-dealkylation sites (N-methyl/N-ethyl adjacent to an activating group) is 1. The van der Waals surface area contributed by atoms with Gasteiger partial charge in [0.1, 0.15) is 11.4 Å². The van der Waals surface area contributed by atoms with E-state index in [0.29, 0.717) is 11.6 Å². The van der Waals surface area contributed by atoms with Gasteiger partial charge in [0.2, 0.25) is 0 Å². The Balaban J connectivity index is 2.13. The fourth-order valence-electron chi connectivity index (χ4n) is 2.79. The second-order valence-corrected chi connectivity index (χ2v) is 7.42. The zero-order valence-electron chi connectivity index (χ0n) is 14.2. The van der Waals surface area contributed by atoms with Crippen molar-refractivity contribution in [3.8, 4) is 11.5 Å². The Bertz CT molecular complexity index is 871.